The molecule has 0 heterocycles. The van der Waals surface area contributed by atoms with E-state index >= 15 is 0 Å². The van der Waals surface area contributed by atoms with Crippen LogP contribution < -0.4 is 10.6 Å². The number of nitrogens with one attached hydrogen (secondary N) is 2. The number of rotatable bonds is 12. The molecule has 8 nitrogen and oxygen atoms in total. The quantitative estimate of drug-likeness (QED) is 0.201. The Morgan fingerprint density at radius 1 is 0.618 bits per heavy atom. The highest BCUT2D eigenvalue weighted by Crippen LogP contribution is 2.23. The molecule has 3 aromatic rings. The number of phenols is 2. The molecule has 8 heteroatoms. The highest BCUT2D eigenvalue weighted by molar-refractivity contribution is 5.37. The molecular formula is C26H32N2O6. The molecule has 0 aliphatic carbocycles. The summed E-state index contributed by atoms with van der Waals surface area (Å²) in [6, 6.07) is 17.3. The summed E-state index contributed by atoms with van der Waals surface area (Å²) in [4.78, 5) is 0. The van der Waals surface area contributed by atoms with E-state index in [1.165, 1.54) is 12.1 Å². The Labute approximate surface area is 198 Å². The van der Waals surface area contributed by atoms with E-state index in [2.05, 4.69) is 10.6 Å². The molecular weight excluding hydrogens is 436 g/mol. The number of aromatic hydroxyl groups is 2. The van der Waals surface area contributed by atoms with E-state index < -0.39 is 12.2 Å². The summed E-state index contributed by atoms with van der Waals surface area (Å²) in [6.07, 6.45) is -1.55. The second-order valence-electron chi connectivity index (χ2n) is 8.21. The van der Waals surface area contributed by atoms with Gasteiger partial charge in [-0.05, 0) is 46.5 Å². The van der Waals surface area contributed by atoms with Crippen LogP contribution in [0.5, 0.6) is 11.5 Å². The van der Waals surface area contributed by atoms with Gasteiger partial charge >= 0.3 is 0 Å². The third kappa shape index (κ3) is 7.01. The van der Waals surface area contributed by atoms with Gasteiger partial charge in [-0.2, -0.15) is 0 Å². The molecule has 0 aliphatic rings. The van der Waals surface area contributed by atoms with Crippen molar-refractivity contribution in [1.82, 2.24) is 10.6 Å². The average molecular weight is 469 g/mol. The Balaban J connectivity index is 1.46. The maximum absolute atomic E-state index is 10.4. The number of aliphatic hydroxyl groups is 4. The van der Waals surface area contributed by atoms with Crippen molar-refractivity contribution in [2.75, 3.05) is 13.1 Å². The summed E-state index contributed by atoms with van der Waals surface area (Å²) in [6.45, 7) is 1.14. The van der Waals surface area contributed by atoms with Crippen molar-refractivity contribution in [3.05, 3.63) is 94.0 Å². The van der Waals surface area contributed by atoms with Gasteiger partial charge in [0.1, 0.15) is 11.5 Å². The van der Waals surface area contributed by atoms with Gasteiger partial charge in [-0.3, -0.25) is 0 Å². The maximum Gasteiger partial charge on any atom is 0.121 e. The summed E-state index contributed by atoms with van der Waals surface area (Å²) < 4.78 is 0. The minimum Gasteiger partial charge on any atom is -0.508 e. The van der Waals surface area contributed by atoms with E-state index in [0.29, 0.717) is 48.4 Å². The fraction of sp³-hybridized carbons (Fsp3) is 0.308. The second-order valence-corrected chi connectivity index (χ2v) is 8.21. The second kappa shape index (κ2) is 12.5. The van der Waals surface area contributed by atoms with Crippen molar-refractivity contribution >= 4 is 0 Å². The van der Waals surface area contributed by atoms with Crippen molar-refractivity contribution in [1.29, 1.82) is 0 Å². The predicted octanol–water partition coefficient (Wildman–Crippen LogP) is 1.73. The molecule has 0 bridgehead atoms. The van der Waals surface area contributed by atoms with Crippen LogP contribution in [-0.2, 0) is 26.3 Å². The highest BCUT2D eigenvalue weighted by Gasteiger charge is 2.11. The lowest BCUT2D eigenvalue weighted by Gasteiger charge is -2.15. The fourth-order valence-electron chi connectivity index (χ4n) is 3.67. The maximum atomic E-state index is 10.4. The first-order chi connectivity index (χ1) is 16.4. The van der Waals surface area contributed by atoms with Crippen LogP contribution in [0, 0.1) is 0 Å². The molecule has 2 unspecified atom stereocenters. The fourth-order valence-corrected chi connectivity index (χ4v) is 3.67. The number of hydrogen-bond donors (Lipinski definition) is 8. The first kappa shape index (κ1) is 25.6. The monoisotopic (exact) mass is 468 g/mol. The molecule has 182 valence electrons. The van der Waals surface area contributed by atoms with Gasteiger partial charge < -0.3 is 41.3 Å². The van der Waals surface area contributed by atoms with Crippen molar-refractivity contribution in [2.24, 2.45) is 0 Å². The lowest BCUT2D eigenvalue weighted by Crippen LogP contribution is -2.22. The number of hydrogen-bond acceptors (Lipinski definition) is 8. The Bertz CT molecular complexity index is 994. The van der Waals surface area contributed by atoms with Crippen LogP contribution in [-0.4, -0.2) is 43.7 Å². The zero-order valence-electron chi connectivity index (χ0n) is 18.9. The molecule has 0 aromatic heterocycles. The van der Waals surface area contributed by atoms with Crippen molar-refractivity contribution in [2.45, 2.75) is 38.5 Å². The Morgan fingerprint density at radius 2 is 1.06 bits per heavy atom. The molecule has 0 amide bonds. The standard InChI is InChI=1S/C26H32N2O6/c29-15-21-9-19(4-6-23(21)31)25(33)13-27-11-17-2-1-3-18(8-17)12-28-14-26(34)20-5-7-24(32)22(10-20)16-30/h1-10,25-34H,11-16H2. The summed E-state index contributed by atoms with van der Waals surface area (Å²) in [5.74, 6) is 0.00431. The van der Waals surface area contributed by atoms with Gasteiger partial charge in [-0.25, -0.2) is 0 Å². The van der Waals surface area contributed by atoms with E-state index in [0.717, 1.165) is 11.1 Å². The third-order valence-electron chi connectivity index (χ3n) is 5.64. The molecule has 0 aliphatic heterocycles. The molecule has 0 radical (unpaired) electrons. The van der Waals surface area contributed by atoms with Crippen LogP contribution >= 0.6 is 0 Å². The molecule has 3 aromatic carbocycles. The van der Waals surface area contributed by atoms with Crippen molar-refractivity contribution in [3.8, 4) is 11.5 Å². The minimum atomic E-state index is -0.775. The van der Waals surface area contributed by atoms with Crippen molar-refractivity contribution in [3.63, 3.8) is 0 Å². The summed E-state index contributed by atoms with van der Waals surface area (Å²) in [7, 11) is 0. The molecule has 34 heavy (non-hydrogen) atoms. The molecule has 0 spiro atoms. The van der Waals surface area contributed by atoms with Gasteiger partial charge in [0.2, 0.25) is 0 Å². The lowest BCUT2D eigenvalue weighted by atomic mass is 10.0. The van der Waals surface area contributed by atoms with Crippen LogP contribution in [0.4, 0.5) is 0 Å². The van der Waals surface area contributed by atoms with Crippen molar-refractivity contribution < 1.29 is 30.6 Å². The van der Waals surface area contributed by atoms with E-state index in [1.807, 2.05) is 24.3 Å². The SMILES string of the molecule is OCc1cc(C(O)CNCc2cccc(CNCC(O)c3ccc(O)c(CO)c3)c2)ccc1O. The van der Waals surface area contributed by atoms with E-state index in [9.17, 15) is 30.6 Å². The van der Waals surface area contributed by atoms with Gasteiger partial charge in [-0.15, -0.1) is 0 Å². The van der Waals surface area contributed by atoms with Crippen LogP contribution in [0.1, 0.15) is 45.6 Å². The predicted molar refractivity (Wildman–Crippen MR) is 128 cm³/mol. The molecule has 3 rings (SSSR count). The van der Waals surface area contributed by atoms with Crippen LogP contribution in [0.25, 0.3) is 0 Å². The van der Waals surface area contributed by atoms with Crippen LogP contribution in [0.2, 0.25) is 0 Å². The van der Waals surface area contributed by atoms with E-state index in [4.69, 9.17) is 0 Å². The summed E-state index contributed by atoms with van der Waals surface area (Å²) >= 11 is 0. The van der Waals surface area contributed by atoms with Crippen LogP contribution in [0.3, 0.4) is 0 Å². The normalized spacial score (nSPS) is 13.1. The molecule has 0 saturated carbocycles. The minimum absolute atomic E-state index is 0.00216. The smallest absolute Gasteiger partial charge is 0.121 e. The van der Waals surface area contributed by atoms with Gasteiger partial charge in [0, 0.05) is 37.3 Å². The van der Waals surface area contributed by atoms with E-state index in [1.54, 1.807) is 24.3 Å². The van der Waals surface area contributed by atoms with Crippen LogP contribution in [0.15, 0.2) is 60.7 Å². The number of aliphatic hydroxyl groups excluding tert-OH is 4. The molecule has 8 N–H and O–H groups in total. The Hall–Kier alpha value is -2.98. The zero-order chi connectivity index (χ0) is 24.5. The summed E-state index contributed by atoms with van der Waals surface area (Å²) in [5, 5.41) is 65.0. The highest BCUT2D eigenvalue weighted by atomic mass is 16.3. The summed E-state index contributed by atoms with van der Waals surface area (Å²) in [5.41, 5.74) is 4.07. The van der Waals surface area contributed by atoms with E-state index in [-0.39, 0.29) is 24.7 Å². The molecule has 2 atom stereocenters. The average Bonchev–Trinajstić information content (AvgIpc) is 2.84. The molecule has 0 saturated heterocycles. The van der Waals surface area contributed by atoms with Gasteiger partial charge in [0.05, 0.1) is 25.4 Å². The number of benzene rings is 3. The largest absolute Gasteiger partial charge is 0.508 e. The topological polar surface area (TPSA) is 145 Å². The third-order valence-corrected chi connectivity index (χ3v) is 5.64. The Morgan fingerprint density at radius 3 is 1.47 bits per heavy atom. The lowest BCUT2D eigenvalue weighted by molar-refractivity contribution is 0.173. The first-order valence-electron chi connectivity index (χ1n) is 11.1. The van der Waals surface area contributed by atoms with Gasteiger partial charge in [0.25, 0.3) is 0 Å². The van der Waals surface area contributed by atoms with Gasteiger partial charge in [-0.1, -0.05) is 36.4 Å². The first-order valence-corrected chi connectivity index (χ1v) is 11.1. The van der Waals surface area contributed by atoms with Gasteiger partial charge in [0.15, 0.2) is 0 Å². The molecule has 0 fully saturated rings. The Kier molecular flexibility index (Phi) is 9.41. The zero-order valence-corrected chi connectivity index (χ0v) is 18.9.